The van der Waals surface area contributed by atoms with Gasteiger partial charge in [0.25, 0.3) is 5.91 Å². The van der Waals surface area contributed by atoms with Gasteiger partial charge in [-0.05, 0) is 68.0 Å². The molecule has 1 heterocycles. The Balaban J connectivity index is 1.35. The Morgan fingerprint density at radius 1 is 1.00 bits per heavy atom. The quantitative estimate of drug-likeness (QED) is 0.244. The Morgan fingerprint density at radius 3 is 2.58 bits per heavy atom. The molecule has 3 aromatic carbocycles. The van der Waals surface area contributed by atoms with Crippen molar-refractivity contribution in [1.29, 1.82) is 0 Å². The first kappa shape index (κ1) is 25.5. The first-order valence-electron chi connectivity index (χ1n) is 13.0. The van der Waals surface area contributed by atoms with Crippen molar-refractivity contribution >= 4 is 16.9 Å². The number of benzene rings is 3. The fourth-order valence-electron chi connectivity index (χ4n) is 4.66. The number of nitrogens with zero attached hydrogens (tertiary/aromatic N) is 2. The van der Waals surface area contributed by atoms with E-state index in [-0.39, 0.29) is 5.91 Å². The summed E-state index contributed by atoms with van der Waals surface area (Å²) in [4.78, 5) is 17.6. The third kappa shape index (κ3) is 6.14. The molecule has 188 valence electrons. The molecule has 0 spiro atoms. The minimum atomic E-state index is -0.0333. The van der Waals surface area contributed by atoms with E-state index in [4.69, 9.17) is 9.72 Å². The van der Waals surface area contributed by atoms with Gasteiger partial charge in [-0.15, -0.1) is 0 Å². The van der Waals surface area contributed by atoms with Crippen LogP contribution >= 0.6 is 0 Å². The zero-order chi connectivity index (χ0) is 25.5. The zero-order valence-electron chi connectivity index (χ0n) is 21.9. The van der Waals surface area contributed by atoms with E-state index < -0.39 is 0 Å². The van der Waals surface area contributed by atoms with Crippen LogP contribution in [0.5, 0.6) is 5.75 Å². The van der Waals surface area contributed by atoms with Gasteiger partial charge < -0.3 is 14.6 Å². The number of imidazole rings is 1. The van der Waals surface area contributed by atoms with Crippen LogP contribution in [0.1, 0.15) is 65.5 Å². The maximum absolute atomic E-state index is 12.7. The Kier molecular flexibility index (Phi) is 8.42. The van der Waals surface area contributed by atoms with Gasteiger partial charge in [0.05, 0.1) is 17.6 Å². The highest BCUT2D eigenvalue weighted by molar-refractivity contribution is 5.95. The van der Waals surface area contributed by atoms with Crippen molar-refractivity contribution in [2.75, 3.05) is 13.2 Å². The molecule has 1 aromatic heterocycles. The lowest BCUT2D eigenvalue weighted by molar-refractivity contribution is 0.0953. The Morgan fingerprint density at radius 2 is 1.78 bits per heavy atom. The van der Waals surface area contributed by atoms with E-state index in [9.17, 15) is 4.79 Å². The molecule has 0 aliphatic rings. The first-order valence-corrected chi connectivity index (χ1v) is 13.0. The molecule has 5 nitrogen and oxygen atoms in total. The summed E-state index contributed by atoms with van der Waals surface area (Å²) < 4.78 is 8.41. The van der Waals surface area contributed by atoms with Gasteiger partial charge in [-0.3, -0.25) is 4.79 Å². The van der Waals surface area contributed by atoms with Gasteiger partial charge >= 0.3 is 0 Å². The molecule has 0 fully saturated rings. The molecule has 1 amide bonds. The number of ether oxygens (including phenoxy) is 1. The average Bonchev–Trinajstić information content (AvgIpc) is 3.21. The number of unbranched alkanes of at least 4 members (excludes halogenated alkanes) is 1. The van der Waals surface area contributed by atoms with Crippen molar-refractivity contribution in [2.24, 2.45) is 0 Å². The molecule has 0 aliphatic carbocycles. The number of fused-ring (bicyclic) bond motifs is 1. The van der Waals surface area contributed by atoms with E-state index in [1.807, 2.05) is 44.2 Å². The summed E-state index contributed by atoms with van der Waals surface area (Å²) in [7, 11) is 0. The Labute approximate surface area is 214 Å². The number of carbonyl (C=O) groups excluding carboxylic acids is 1. The molecule has 0 bridgehead atoms. The number of para-hydroxylation sites is 3. The molecule has 0 saturated heterocycles. The van der Waals surface area contributed by atoms with Crippen molar-refractivity contribution in [3.05, 3.63) is 94.8 Å². The molecule has 4 rings (SSSR count). The van der Waals surface area contributed by atoms with Gasteiger partial charge in [0.15, 0.2) is 0 Å². The topological polar surface area (TPSA) is 56.2 Å². The number of hydrogen-bond donors (Lipinski definition) is 1. The van der Waals surface area contributed by atoms with Crippen LogP contribution in [0.25, 0.3) is 11.0 Å². The highest BCUT2D eigenvalue weighted by Crippen LogP contribution is 2.26. The van der Waals surface area contributed by atoms with Crippen molar-refractivity contribution < 1.29 is 9.53 Å². The lowest BCUT2D eigenvalue weighted by Crippen LogP contribution is -2.27. The molecule has 0 unspecified atom stereocenters. The minimum Gasteiger partial charge on any atom is -0.493 e. The van der Waals surface area contributed by atoms with Crippen LogP contribution in [0, 0.1) is 13.8 Å². The van der Waals surface area contributed by atoms with Gasteiger partial charge in [0.2, 0.25) is 0 Å². The largest absolute Gasteiger partial charge is 0.493 e. The molecule has 0 saturated carbocycles. The fraction of sp³-hybridized carbons (Fsp3) is 0.355. The highest BCUT2D eigenvalue weighted by atomic mass is 16.5. The lowest BCUT2D eigenvalue weighted by Gasteiger charge is -2.14. The number of rotatable bonds is 11. The summed E-state index contributed by atoms with van der Waals surface area (Å²) in [6.07, 6.45) is 2.64. The standard InChI is InChI=1S/C31H37N3O2/c1-22(2)25-11-5-8-14-29(25)36-20-10-9-19-34-28-13-7-6-12-27(28)33-30(34)17-18-32-31(35)26-16-15-23(3)21-24(26)4/h5-8,11-16,21-22H,9-10,17-20H2,1-4H3,(H,32,35). The van der Waals surface area contributed by atoms with Crippen molar-refractivity contribution in [1.82, 2.24) is 14.9 Å². The van der Waals surface area contributed by atoms with Crippen LogP contribution in [0.2, 0.25) is 0 Å². The molecular formula is C31H37N3O2. The summed E-state index contributed by atoms with van der Waals surface area (Å²) >= 11 is 0. The van der Waals surface area contributed by atoms with Crippen molar-refractivity contribution in [3.8, 4) is 5.75 Å². The number of nitrogens with one attached hydrogen (secondary N) is 1. The third-order valence-electron chi connectivity index (χ3n) is 6.57. The normalized spacial score (nSPS) is 11.2. The fourth-order valence-corrected chi connectivity index (χ4v) is 4.66. The van der Waals surface area contributed by atoms with Crippen molar-refractivity contribution in [3.63, 3.8) is 0 Å². The molecule has 4 aromatic rings. The number of amides is 1. The SMILES string of the molecule is Cc1ccc(C(=O)NCCc2nc3ccccc3n2CCCCOc2ccccc2C(C)C)c(C)c1. The van der Waals surface area contributed by atoms with Crippen LogP contribution in [-0.2, 0) is 13.0 Å². The monoisotopic (exact) mass is 483 g/mol. The van der Waals surface area contributed by atoms with Crippen LogP contribution < -0.4 is 10.1 Å². The van der Waals surface area contributed by atoms with Gasteiger partial charge in [-0.1, -0.05) is 61.9 Å². The van der Waals surface area contributed by atoms with E-state index in [1.54, 1.807) is 0 Å². The summed E-state index contributed by atoms with van der Waals surface area (Å²) in [6, 6.07) is 22.5. The summed E-state index contributed by atoms with van der Waals surface area (Å²) in [5.41, 5.74) is 6.27. The molecule has 0 radical (unpaired) electrons. The molecule has 0 aliphatic heterocycles. The molecule has 0 atom stereocenters. The van der Waals surface area contributed by atoms with E-state index in [0.29, 0.717) is 25.5 Å². The first-order chi connectivity index (χ1) is 17.4. The van der Waals surface area contributed by atoms with Crippen LogP contribution in [-0.4, -0.2) is 28.6 Å². The summed E-state index contributed by atoms with van der Waals surface area (Å²) in [5.74, 6) is 2.40. The van der Waals surface area contributed by atoms with E-state index in [0.717, 1.165) is 58.7 Å². The van der Waals surface area contributed by atoms with Gasteiger partial charge in [0, 0.05) is 25.1 Å². The Bertz CT molecular complexity index is 1320. The van der Waals surface area contributed by atoms with E-state index in [2.05, 4.69) is 60.1 Å². The second-order valence-corrected chi connectivity index (χ2v) is 9.74. The Hall–Kier alpha value is -3.60. The van der Waals surface area contributed by atoms with Crippen LogP contribution in [0.3, 0.4) is 0 Å². The predicted octanol–water partition coefficient (Wildman–Crippen LogP) is 6.61. The number of aryl methyl sites for hydroxylation is 3. The third-order valence-corrected chi connectivity index (χ3v) is 6.57. The second-order valence-electron chi connectivity index (χ2n) is 9.74. The molecule has 5 heteroatoms. The minimum absolute atomic E-state index is 0.0333. The maximum Gasteiger partial charge on any atom is 0.251 e. The van der Waals surface area contributed by atoms with Gasteiger partial charge in [-0.25, -0.2) is 4.98 Å². The molecular weight excluding hydrogens is 446 g/mol. The van der Waals surface area contributed by atoms with Gasteiger partial charge in [-0.2, -0.15) is 0 Å². The summed E-state index contributed by atoms with van der Waals surface area (Å²) in [6.45, 7) is 10.5. The lowest BCUT2D eigenvalue weighted by atomic mass is 10.0. The molecule has 1 N–H and O–H groups in total. The average molecular weight is 484 g/mol. The van der Waals surface area contributed by atoms with E-state index in [1.165, 1.54) is 5.56 Å². The summed E-state index contributed by atoms with van der Waals surface area (Å²) in [5, 5.41) is 3.08. The van der Waals surface area contributed by atoms with Crippen molar-refractivity contribution in [2.45, 2.75) is 59.4 Å². The number of hydrogen-bond acceptors (Lipinski definition) is 3. The van der Waals surface area contributed by atoms with Crippen LogP contribution in [0.4, 0.5) is 0 Å². The van der Waals surface area contributed by atoms with Crippen LogP contribution in [0.15, 0.2) is 66.7 Å². The highest BCUT2D eigenvalue weighted by Gasteiger charge is 2.13. The van der Waals surface area contributed by atoms with E-state index >= 15 is 0 Å². The second kappa shape index (κ2) is 11.9. The number of carbonyl (C=O) groups is 1. The maximum atomic E-state index is 12.7. The smallest absolute Gasteiger partial charge is 0.251 e. The van der Waals surface area contributed by atoms with Gasteiger partial charge in [0.1, 0.15) is 11.6 Å². The zero-order valence-corrected chi connectivity index (χ0v) is 21.9. The molecule has 36 heavy (non-hydrogen) atoms. The number of aromatic nitrogens is 2. The predicted molar refractivity (Wildman–Crippen MR) is 147 cm³/mol.